The number of carbonyl (C=O) groups is 2. The van der Waals surface area contributed by atoms with Crippen LogP contribution in [0.25, 0.3) is 11.1 Å². The van der Waals surface area contributed by atoms with E-state index in [4.69, 9.17) is 4.74 Å². The van der Waals surface area contributed by atoms with Crippen LogP contribution in [-0.4, -0.2) is 60.5 Å². The summed E-state index contributed by atoms with van der Waals surface area (Å²) in [4.78, 5) is 25.9. The Morgan fingerprint density at radius 3 is 2.24 bits per heavy atom. The van der Waals surface area contributed by atoms with E-state index in [9.17, 15) is 28.2 Å². The summed E-state index contributed by atoms with van der Waals surface area (Å²) in [5.74, 6) is -0.568. The number of amides is 2. The van der Waals surface area contributed by atoms with Crippen LogP contribution in [0.15, 0.2) is 72.8 Å². The maximum absolute atomic E-state index is 12.9. The smallest absolute Gasteiger partial charge is 0.407 e. The van der Waals surface area contributed by atoms with Gasteiger partial charge in [0.25, 0.3) is 5.91 Å². The molecule has 0 heterocycles. The number of hydrogen-bond donors (Lipinski definition) is 3. The fourth-order valence-electron chi connectivity index (χ4n) is 4.41. The largest absolute Gasteiger partial charge is 0.490 e. The first kappa shape index (κ1) is 32.6. The lowest BCUT2D eigenvalue weighted by atomic mass is 10.0. The number of ether oxygens (including phenoxy) is 1. The highest BCUT2D eigenvalue weighted by atomic mass is 32.2. The summed E-state index contributed by atoms with van der Waals surface area (Å²) in [5.41, 5.74) is 3.33. The Kier molecular flexibility index (Phi) is 11.9. The van der Waals surface area contributed by atoms with Gasteiger partial charge >= 0.3 is 6.09 Å². The molecule has 0 bridgehead atoms. The number of benzene rings is 3. The van der Waals surface area contributed by atoms with E-state index in [1.807, 2.05) is 51.1 Å². The predicted molar refractivity (Wildman–Crippen MR) is 163 cm³/mol. The molecule has 1 atom stereocenters. The highest BCUT2D eigenvalue weighted by Gasteiger charge is 2.21. The van der Waals surface area contributed by atoms with E-state index < -0.39 is 28.1 Å². The molecule has 0 radical (unpaired) electrons. The monoisotopic (exact) mass is 596 g/mol. The van der Waals surface area contributed by atoms with E-state index in [1.54, 1.807) is 42.5 Å². The minimum Gasteiger partial charge on any atom is -0.490 e. The lowest BCUT2D eigenvalue weighted by Crippen LogP contribution is -2.35. The van der Waals surface area contributed by atoms with Gasteiger partial charge in [0.15, 0.2) is 0 Å². The number of sulfonamides is 1. The summed E-state index contributed by atoms with van der Waals surface area (Å²) in [6.45, 7) is 5.81. The fraction of sp³-hybridized carbons (Fsp3) is 0.375. The Labute approximate surface area is 248 Å². The molecule has 0 aromatic heterocycles. The van der Waals surface area contributed by atoms with Crippen molar-refractivity contribution in [2.75, 3.05) is 18.8 Å². The van der Waals surface area contributed by atoms with Gasteiger partial charge in [-0.2, -0.15) is 0 Å². The summed E-state index contributed by atoms with van der Waals surface area (Å²) in [6.07, 6.45) is 0.315. The van der Waals surface area contributed by atoms with Crippen molar-refractivity contribution in [2.24, 2.45) is 0 Å². The van der Waals surface area contributed by atoms with Gasteiger partial charge in [-0.1, -0.05) is 80.4 Å². The summed E-state index contributed by atoms with van der Waals surface area (Å²) >= 11 is 0. The van der Waals surface area contributed by atoms with Crippen molar-refractivity contribution >= 4 is 22.0 Å². The molecule has 9 nitrogen and oxygen atoms in total. The zero-order valence-electron chi connectivity index (χ0n) is 24.3. The van der Waals surface area contributed by atoms with Crippen LogP contribution in [-0.2, 0) is 16.4 Å². The van der Waals surface area contributed by atoms with Crippen LogP contribution in [0.4, 0.5) is 4.79 Å². The molecule has 3 aromatic rings. The SMILES string of the molecule is CCCCCS(=O)(=O)NC(=O)c1ccc(-c2ccc(CCN(C[C@H](O)c3ccccc3)C(=O)O)cc2)cc1OC(C)C. The number of nitrogens with zero attached hydrogens (tertiary/aromatic N) is 1. The van der Waals surface area contributed by atoms with Crippen LogP contribution in [0, 0.1) is 0 Å². The molecule has 0 spiro atoms. The average Bonchev–Trinajstić information content (AvgIpc) is 2.95. The predicted octanol–water partition coefficient (Wildman–Crippen LogP) is 5.65. The number of aliphatic hydroxyl groups is 1. The quantitative estimate of drug-likeness (QED) is 0.193. The van der Waals surface area contributed by atoms with Crippen LogP contribution in [0.5, 0.6) is 5.75 Å². The molecule has 3 aromatic carbocycles. The normalized spacial score (nSPS) is 12.1. The molecule has 2 amide bonds. The van der Waals surface area contributed by atoms with Crippen LogP contribution in [0.1, 0.15) is 67.6 Å². The number of carboxylic acid groups (broad SMARTS) is 1. The Balaban J connectivity index is 1.70. The van der Waals surface area contributed by atoms with E-state index >= 15 is 0 Å². The highest BCUT2D eigenvalue weighted by molar-refractivity contribution is 7.90. The van der Waals surface area contributed by atoms with Gasteiger partial charge in [0.1, 0.15) is 5.75 Å². The van der Waals surface area contributed by atoms with Crippen LogP contribution >= 0.6 is 0 Å². The van der Waals surface area contributed by atoms with Gasteiger partial charge in [-0.05, 0) is 61.1 Å². The lowest BCUT2D eigenvalue weighted by Gasteiger charge is -2.22. The minimum atomic E-state index is -3.76. The molecule has 10 heteroatoms. The van der Waals surface area contributed by atoms with Crippen molar-refractivity contribution in [1.82, 2.24) is 9.62 Å². The molecule has 0 fully saturated rings. The van der Waals surface area contributed by atoms with Crippen LogP contribution < -0.4 is 9.46 Å². The first-order valence-electron chi connectivity index (χ1n) is 14.1. The van der Waals surface area contributed by atoms with Crippen LogP contribution in [0.2, 0.25) is 0 Å². The fourth-order valence-corrected chi connectivity index (χ4v) is 5.49. The zero-order valence-corrected chi connectivity index (χ0v) is 25.1. The number of rotatable bonds is 15. The third-order valence-corrected chi connectivity index (χ3v) is 7.98. The second kappa shape index (κ2) is 15.4. The summed E-state index contributed by atoms with van der Waals surface area (Å²) in [7, 11) is -3.76. The van der Waals surface area contributed by atoms with Crippen molar-refractivity contribution in [2.45, 2.75) is 58.7 Å². The Bertz CT molecular complexity index is 1420. The van der Waals surface area contributed by atoms with Gasteiger partial charge < -0.3 is 19.8 Å². The lowest BCUT2D eigenvalue weighted by molar-refractivity contribution is 0.0970. The van der Waals surface area contributed by atoms with Crippen molar-refractivity contribution < 1.29 is 33.0 Å². The molecule has 0 aliphatic heterocycles. The van der Waals surface area contributed by atoms with Gasteiger partial charge in [-0.15, -0.1) is 0 Å². The Morgan fingerprint density at radius 2 is 1.62 bits per heavy atom. The molecule has 0 aliphatic rings. The maximum atomic E-state index is 12.9. The number of unbranched alkanes of at least 4 members (excludes halogenated alkanes) is 2. The van der Waals surface area contributed by atoms with E-state index in [1.165, 1.54) is 4.90 Å². The van der Waals surface area contributed by atoms with Crippen molar-refractivity contribution in [1.29, 1.82) is 0 Å². The van der Waals surface area contributed by atoms with Crippen LogP contribution in [0.3, 0.4) is 0 Å². The Hall–Kier alpha value is -3.89. The van der Waals surface area contributed by atoms with E-state index in [0.717, 1.165) is 29.5 Å². The summed E-state index contributed by atoms with van der Waals surface area (Å²) in [5, 5.41) is 20.1. The molecule has 3 N–H and O–H groups in total. The molecule has 0 saturated heterocycles. The first-order valence-corrected chi connectivity index (χ1v) is 15.8. The first-order chi connectivity index (χ1) is 20.0. The molecular weight excluding hydrogens is 556 g/mol. The minimum absolute atomic E-state index is 0.0317. The number of nitrogens with one attached hydrogen (secondary N) is 1. The zero-order chi connectivity index (χ0) is 30.7. The van der Waals surface area contributed by atoms with Gasteiger partial charge in [-0.3, -0.25) is 4.79 Å². The molecule has 0 saturated carbocycles. The van der Waals surface area contributed by atoms with Gasteiger partial charge in [0.2, 0.25) is 10.0 Å². The van der Waals surface area contributed by atoms with Crippen molar-refractivity contribution in [3.63, 3.8) is 0 Å². The molecule has 0 unspecified atom stereocenters. The second-order valence-electron chi connectivity index (χ2n) is 10.4. The molecule has 3 rings (SSSR count). The second-order valence-corrected chi connectivity index (χ2v) is 12.3. The van der Waals surface area contributed by atoms with Crippen molar-refractivity contribution in [3.8, 4) is 16.9 Å². The molecule has 42 heavy (non-hydrogen) atoms. The van der Waals surface area contributed by atoms with E-state index in [-0.39, 0.29) is 36.3 Å². The third kappa shape index (κ3) is 9.88. The van der Waals surface area contributed by atoms with E-state index in [0.29, 0.717) is 18.4 Å². The molecule has 226 valence electrons. The summed E-state index contributed by atoms with van der Waals surface area (Å²) < 4.78 is 32.8. The van der Waals surface area contributed by atoms with Gasteiger partial charge in [0, 0.05) is 6.54 Å². The maximum Gasteiger partial charge on any atom is 0.407 e. The molecule has 0 aliphatic carbocycles. The Morgan fingerprint density at radius 1 is 0.952 bits per heavy atom. The topological polar surface area (TPSA) is 133 Å². The standard InChI is InChI=1S/C32H40N2O7S/c1-4-5-9-20-42(39,40)33-31(36)28-17-16-27(21-30(28)41-23(2)3)25-14-12-24(13-15-25)18-19-34(32(37)38)22-29(35)26-10-7-6-8-11-26/h6-8,10-17,21,23,29,35H,4-5,9,18-20,22H2,1-3H3,(H,33,36)(H,37,38)/t29-/m0/s1. The third-order valence-electron chi connectivity index (χ3n) is 6.66. The van der Waals surface area contributed by atoms with Gasteiger partial charge in [0.05, 0.1) is 30.1 Å². The summed E-state index contributed by atoms with van der Waals surface area (Å²) in [6, 6.07) is 21.5. The van der Waals surface area contributed by atoms with E-state index in [2.05, 4.69) is 4.72 Å². The number of aliphatic hydroxyl groups excluding tert-OH is 1. The number of hydrogen-bond acceptors (Lipinski definition) is 6. The highest BCUT2D eigenvalue weighted by Crippen LogP contribution is 2.29. The van der Waals surface area contributed by atoms with Crippen molar-refractivity contribution in [3.05, 3.63) is 89.5 Å². The molecular formula is C32H40N2O7S. The average molecular weight is 597 g/mol. The number of carbonyl (C=O) groups excluding carboxylic acids is 1. The van der Waals surface area contributed by atoms with Gasteiger partial charge in [-0.25, -0.2) is 17.9 Å².